The van der Waals surface area contributed by atoms with Gasteiger partial charge in [-0.1, -0.05) is 17.7 Å². The van der Waals surface area contributed by atoms with Crippen LogP contribution in [-0.2, 0) is 0 Å². The molecule has 2 heterocycles. The predicted molar refractivity (Wildman–Crippen MR) is 85.9 cm³/mol. The molecular weight excluding hydrogens is 302 g/mol. The summed E-state index contributed by atoms with van der Waals surface area (Å²) in [6.45, 7) is 0. The van der Waals surface area contributed by atoms with Gasteiger partial charge >= 0.3 is 0 Å². The summed E-state index contributed by atoms with van der Waals surface area (Å²) in [6.07, 6.45) is 1.55. The summed E-state index contributed by atoms with van der Waals surface area (Å²) in [5.41, 5.74) is 1.74. The summed E-state index contributed by atoms with van der Waals surface area (Å²) in [4.78, 5) is 16.8. The largest absolute Gasteiger partial charge is 0.508 e. The topological polar surface area (TPSA) is 70.9 Å². The Hall–Kier alpha value is -2.79. The van der Waals surface area contributed by atoms with Crippen LogP contribution in [-0.4, -0.2) is 19.9 Å². The Labute approximate surface area is 129 Å². The number of nitrogens with zero attached hydrogens (tertiary/aromatic N) is 2. The molecule has 2 N–H and O–H groups in total. The quantitative estimate of drug-likeness (QED) is 0.567. The minimum atomic E-state index is -0.227. The van der Waals surface area contributed by atoms with Crippen molar-refractivity contribution in [1.29, 1.82) is 0 Å². The molecule has 0 unspecified atom stereocenters. The third-order valence-electron chi connectivity index (χ3n) is 3.58. The van der Waals surface area contributed by atoms with Crippen molar-refractivity contribution in [2.75, 3.05) is 0 Å². The Morgan fingerprint density at radius 2 is 2.00 bits per heavy atom. The average molecular weight is 312 g/mol. The molecule has 2 aromatic heterocycles. The highest BCUT2D eigenvalue weighted by Crippen LogP contribution is 2.24. The first-order chi connectivity index (χ1) is 10.6. The van der Waals surface area contributed by atoms with Crippen LogP contribution in [0, 0.1) is 0 Å². The lowest BCUT2D eigenvalue weighted by Gasteiger charge is -2.01. The minimum absolute atomic E-state index is 0.0917. The highest BCUT2D eigenvalue weighted by atomic mass is 35.5. The second-order valence-corrected chi connectivity index (χ2v) is 5.42. The first-order valence-corrected chi connectivity index (χ1v) is 7.00. The van der Waals surface area contributed by atoms with Gasteiger partial charge in [0.25, 0.3) is 5.56 Å². The average Bonchev–Trinajstić information content (AvgIpc) is 2.85. The summed E-state index contributed by atoms with van der Waals surface area (Å²) in [5.74, 6) is 0.0917. The fraction of sp³-hybridized carbons (Fsp3) is 0. The molecule has 0 saturated heterocycles. The summed E-state index contributed by atoms with van der Waals surface area (Å²) >= 11 is 6.04. The van der Waals surface area contributed by atoms with Crippen molar-refractivity contribution >= 4 is 33.4 Å². The van der Waals surface area contributed by atoms with Gasteiger partial charge in [-0.25, -0.2) is 4.68 Å². The molecule has 0 aliphatic heterocycles. The zero-order valence-electron chi connectivity index (χ0n) is 11.2. The Kier molecular flexibility index (Phi) is 2.71. The van der Waals surface area contributed by atoms with Crippen molar-refractivity contribution in [1.82, 2.24) is 14.8 Å². The molecule has 22 heavy (non-hydrogen) atoms. The molecule has 108 valence electrons. The summed E-state index contributed by atoms with van der Waals surface area (Å²) in [6, 6.07) is 11.8. The van der Waals surface area contributed by atoms with Gasteiger partial charge in [0.1, 0.15) is 5.75 Å². The standard InChI is InChI=1S/C16H10ClN3O2/c17-9-4-5-14-12(6-9)15-13(8-18-14)16(22)20(19-15)10-2-1-3-11(21)7-10/h1-8,19,21H. The number of benzene rings is 2. The molecule has 2 aromatic carbocycles. The fourth-order valence-corrected chi connectivity index (χ4v) is 2.72. The maximum atomic E-state index is 12.5. The molecule has 0 amide bonds. The number of nitrogens with one attached hydrogen (secondary N) is 1. The Morgan fingerprint density at radius 1 is 1.14 bits per heavy atom. The molecule has 4 aromatic rings. The SMILES string of the molecule is O=c1c2cnc3ccc(Cl)cc3c2[nH]n1-c1cccc(O)c1. The zero-order valence-corrected chi connectivity index (χ0v) is 12.0. The third kappa shape index (κ3) is 1.87. The van der Waals surface area contributed by atoms with Gasteiger partial charge < -0.3 is 5.11 Å². The summed E-state index contributed by atoms with van der Waals surface area (Å²) in [7, 11) is 0. The first-order valence-electron chi connectivity index (χ1n) is 6.62. The number of aromatic nitrogens is 3. The van der Waals surface area contributed by atoms with Crippen LogP contribution in [0.5, 0.6) is 5.75 Å². The lowest BCUT2D eigenvalue weighted by atomic mass is 10.2. The monoisotopic (exact) mass is 311 g/mol. The van der Waals surface area contributed by atoms with E-state index in [1.54, 1.807) is 42.6 Å². The maximum absolute atomic E-state index is 12.5. The number of aromatic hydroxyl groups is 1. The Balaban J connectivity index is 2.10. The van der Waals surface area contributed by atoms with E-state index >= 15 is 0 Å². The van der Waals surface area contributed by atoms with Crippen LogP contribution in [0.3, 0.4) is 0 Å². The van der Waals surface area contributed by atoms with E-state index in [0.717, 1.165) is 10.9 Å². The van der Waals surface area contributed by atoms with E-state index in [0.29, 0.717) is 21.6 Å². The van der Waals surface area contributed by atoms with E-state index in [1.807, 2.05) is 0 Å². The van der Waals surface area contributed by atoms with E-state index in [2.05, 4.69) is 10.1 Å². The number of halogens is 1. The number of rotatable bonds is 1. The lowest BCUT2D eigenvalue weighted by molar-refractivity contribution is 0.475. The van der Waals surface area contributed by atoms with Crippen molar-refractivity contribution in [3.05, 3.63) is 64.0 Å². The Morgan fingerprint density at radius 3 is 2.82 bits per heavy atom. The molecule has 6 heteroatoms. The third-order valence-corrected chi connectivity index (χ3v) is 3.81. The molecule has 0 aliphatic carbocycles. The van der Waals surface area contributed by atoms with Crippen LogP contribution in [0.2, 0.25) is 5.02 Å². The summed E-state index contributed by atoms with van der Waals surface area (Å²) < 4.78 is 1.38. The van der Waals surface area contributed by atoms with Gasteiger partial charge in [0, 0.05) is 22.7 Å². The molecule has 4 rings (SSSR count). The number of fused-ring (bicyclic) bond motifs is 3. The number of H-pyrrole nitrogens is 1. The number of pyridine rings is 1. The number of aromatic amines is 1. The summed E-state index contributed by atoms with van der Waals surface area (Å²) in [5, 5.41) is 14.5. The molecule has 0 aliphatic rings. The minimum Gasteiger partial charge on any atom is -0.508 e. The van der Waals surface area contributed by atoms with Crippen LogP contribution >= 0.6 is 11.6 Å². The van der Waals surface area contributed by atoms with Crippen molar-refractivity contribution < 1.29 is 5.11 Å². The maximum Gasteiger partial charge on any atom is 0.280 e. The van der Waals surface area contributed by atoms with Gasteiger partial charge in [0.15, 0.2) is 0 Å². The van der Waals surface area contributed by atoms with Gasteiger partial charge in [-0.3, -0.25) is 14.9 Å². The van der Waals surface area contributed by atoms with Gasteiger partial charge in [0.05, 0.1) is 22.1 Å². The lowest BCUT2D eigenvalue weighted by Crippen LogP contribution is -2.13. The Bertz CT molecular complexity index is 1080. The number of hydrogen-bond acceptors (Lipinski definition) is 3. The van der Waals surface area contributed by atoms with E-state index < -0.39 is 0 Å². The number of phenols is 1. The van der Waals surface area contributed by atoms with Crippen molar-refractivity contribution in [2.45, 2.75) is 0 Å². The molecule has 0 bridgehead atoms. The second kappa shape index (κ2) is 4.61. The number of phenolic OH excluding ortho intramolecular Hbond substituents is 1. The molecular formula is C16H10ClN3O2. The molecule has 0 spiro atoms. The number of hydrogen-bond donors (Lipinski definition) is 2. The normalized spacial score (nSPS) is 11.3. The van der Waals surface area contributed by atoms with Crippen LogP contribution < -0.4 is 5.56 Å². The molecule has 0 saturated carbocycles. The van der Waals surface area contributed by atoms with E-state index in [-0.39, 0.29) is 11.3 Å². The van der Waals surface area contributed by atoms with Gasteiger partial charge in [-0.05, 0) is 30.3 Å². The van der Waals surface area contributed by atoms with Gasteiger partial charge in [-0.15, -0.1) is 0 Å². The van der Waals surface area contributed by atoms with Crippen molar-refractivity contribution in [3.8, 4) is 11.4 Å². The van der Waals surface area contributed by atoms with E-state index in [9.17, 15) is 9.90 Å². The van der Waals surface area contributed by atoms with Crippen LogP contribution in [0.1, 0.15) is 0 Å². The van der Waals surface area contributed by atoms with E-state index in [4.69, 9.17) is 11.6 Å². The molecule has 0 radical (unpaired) electrons. The van der Waals surface area contributed by atoms with Crippen LogP contribution in [0.15, 0.2) is 53.5 Å². The van der Waals surface area contributed by atoms with Crippen LogP contribution in [0.4, 0.5) is 0 Å². The molecule has 0 fully saturated rings. The van der Waals surface area contributed by atoms with E-state index in [1.165, 1.54) is 10.7 Å². The highest BCUT2D eigenvalue weighted by molar-refractivity contribution is 6.31. The van der Waals surface area contributed by atoms with Crippen molar-refractivity contribution in [3.63, 3.8) is 0 Å². The predicted octanol–water partition coefficient (Wildman–Crippen LogP) is 3.23. The smallest absolute Gasteiger partial charge is 0.280 e. The van der Waals surface area contributed by atoms with Crippen molar-refractivity contribution in [2.24, 2.45) is 0 Å². The van der Waals surface area contributed by atoms with Gasteiger partial charge in [-0.2, -0.15) is 0 Å². The fourth-order valence-electron chi connectivity index (χ4n) is 2.54. The highest BCUT2D eigenvalue weighted by Gasteiger charge is 2.12. The molecule has 0 atom stereocenters. The molecule has 5 nitrogen and oxygen atoms in total. The first kappa shape index (κ1) is 12.9. The van der Waals surface area contributed by atoms with Gasteiger partial charge in [0.2, 0.25) is 0 Å². The second-order valence-electron chi connectivity index (χ2n) is 4.98. The zero-order chi connectivity index (χ0) is 15.3. The van der Waals surface area contributed by atoms with Crippen LogP contribution in [0.25, 0.3) is 27.5 Å².